The van der Waals surface area contributed by atoms with E-state index in [-0.39, 0.29) is 35.0 Å². The molecule has 196 valence electrons. The Labute approximate surface area is 217 Å². The zero-order chi connectivity index (χ0) is 26.8. The molecule has 3 atom stereocenters. The number of nitrogens with one attached hydrogen (secondary N) is 1. The Hall–Kier alpha value is -3.45. The number of benzene rings is 2. The topological polar surface area (TPSA) is 130 Å². The number of hydrogen-bond acceptors (Lipinski definition) is 5. The molecule has 7 nitrogen and oxygen atoms in total. The number of phenolic OH excluding ortho intramolecular Hbond substituents is 1. The summed E-state index contributed by atoms with van der Waals surface area (Å²) in [5.74, 6) is -1.10. The van der Waals surface area contributed by atoms with E-state index in [1.54, 1.807) is 42.5 Å². The third-order valence-corrected chi connectivity index (χ3v) is 8.22. The Morgan fingerprint density at radius 1 is 1.00 bits per heavy atom. The Morgan fingerprint density at radius 3 is 2.38 bits per heavy atom. The van der Waals surface area contributed by atoms with Crippen LogP contribution in [0.1, 0.15) is 85.1 Å². The zero-order valence-electron chi connectivity index (χ0n) is 21.5. The van der Waals surface area contributed by atoms with E-state index in [9.17, 15) is 24.6 Å². The van der Waals surface area contributed by atoms with Crippen LogP contribution in [0.4, 0.5) is 0 Å². The van der Waals surface area contributed by atoms with Crippen LogP contribution in [0.5, 0.6) is 5.75 Å². The highest BCUT2D eigenvalue weighted by Gasteiger charge is 2.46. The standard InChI is InChI=1S/C30H36N2O5/c1-29(2)16-14-19(15-17-30(29,37)22-10-12-23(33)13-11-22)26(34)24-8-3-4-9-25(24)32-28(36)21-7-5-6-20(18-21)27(31)35/h5-7,10-14,18,24-25,33,37H,3-4,8-9,15-17H2,1-2H3,(H2,31,35)(H,32,36)/t24-,25?,30-/m0/s1. The molecular weight excluding hydrogens is 468 g/mol. The summed E-state index contributed by atoms with van der Waals surface area (Å²) in [6, 6.07) is 12.6. The number of aromatic hydroxyl groups is 1. The van der Waals surface area contributed by atoms with Crippen molar-refractivity contribution in [3.8, 4) is 5.75 Å². The maximum Gasteiger partial charge on any atom is 0.251 e. The second kappa shape index (κ2) is 10.5. The van der Waals surface area contributed by atoms with Gasteiger partial charge in [-0.15, -0.1) is 0 Å². The minimum atomic E-state index is -1.16. The second-order valence-electron chi connectivity index (χ2n) is 11.0. The number of hydrogen-bond donors (Lipinski definition) is 4. The van der Waals surface area contributed by atoms with Crippen molar-refractivity contribution in [2.24, 2.45) is 17.1 Å². The highest BCUT2D eigenvalue weighted by atomic mass is 16.3. The minimum Gasteiger partial charge on any atom is -0.508 e. The summed E-state index contributed by atoms with van der Waals surface area (Å²) in [5.41, 5.74) is 5.68. The van der Waals surface area contributed by atoms with E-state index in [4.69, 9.17) is 5.73 Å². The Kier molecular flexibility index (Phi) is 7.55. The fourth-order valence-electron chi connectivity index (χ4n) is 5.72. The van der Waals surface area contributed by atoms with Gasteiger partial charge in [-0.25, -0.2) is 0 Å². The summed E-state index contributed by atoms with van der Waals surface area (Å²) < 4.78 is 0. The van der Waals surface area contributed by atoms with Crippen LogP contribution in [0.25, 0.3) is 0 Å². The smallest absolute Gasteiger partial charge is 0.251 e. The van der Waals surface area contributed by atoms with Crippen molar-refractivity contribution in [3.63, 3.8) is 0 Å². The molecule has 2 aromatic rings. The predicted molar refractivity (Wildman–Crippen MR) is 141 cm³/mol. The number of allylic oxidation sites excluding steroid dienone is 2. The number of aliphatic hydroxyl groups is 1. The van der Waals surface area contributed by atoms with E-state index in [2.05, 4.69) is 5.32 Å². The number of primary amides is 1. The highest BCUT2D eigenvalue weighted by Crippen LogP contribution is 2.49. The lowest BCUT2D eigenvalue weighted by atomic mass is 9.68. The second-order valence-corrected chi connectivity index (χ2v) is 11.0. The largest absolute Gasteiger partial charge is 0.508 e. The molecule has 4 rings (SSSR count). The van der Waals surface area contributed by atoms with E-state index in [0.29, 0.717) is 43.2 Å². The molecule has 2 amide bonds. The average Bonchev–Trinajstić information content (AvgIpc) is 3.00. The molecule has 1 fully saturated rings. The van der Waals surface area contributed by atoms with Gasteiger partial charge in [-0.05, 0) is 73.6 Å². The van der Waals surface area contributed by atoms with Crippen molar-refractivity contribution in [1.82, 2.24) is 5.32 Å². The molecule has 0 saturated heterocycles. The van der Waals surface area contributed by atoms with Crippen molar-refractivity contribution >= 4 is 17.6 Å². The molecule has 2 aliphatic rings. The summed E-state index contributed by atoms with van der Waals surface area (Å²) in [5, 5.41) is 24.5. The molecule has 5 N–H and O–H groups in total. The first-order valence-electron chi connectivity index (χ1n) is 13.0. The van der Waals surface area contributed by atoms with Crippen LogP contribution in [-0.4, -0.2) is 33.9 Å². The summed E-state index contributed by atoms with van der Waals surface area (Å²) >= 11 is 0. The number of phenols is 1. The third-order valence-electron chi connectivity index (χ3n) is 8.22. The molecule has 37 heavy (non-hydrogen) atoms. The van der Waals surface area contributed by atoms with Gasteiger partial charge in [0.05, 0.1) is 5.60 Å². The fraction of sp³-hybridized carbons (Fsp3) is 0.433. The van der Waals surface area contributed by atoms with Gasteiger partial charge in [-0.3, -0.25) is 14.4 Å². The lowest BCUT2D eigenvalue weighted by molar-refractivity contribution is -0.121. The maximum atomic E-state index is 13.8. The van der Waals surface area contributed by atoms with Crippen LogP contribution in [-0.2, 0) is 10.4 Å². The normalized spacial score (nSPS) is 25.4. The SMILES string of the molecule is CC1(C)CC=C(C(=O)[C@H]2CCCCC2NC(=O)c2cccc(C(N)=O)c2)CC[C@]1(O)c1ccc(O)cc1. The summed E-state index contributed by atoms with van der Waals surface area (Å²) in [6.07, 6.45) is 6.52. The molecule has 1 saturated carbocycles. The number of ketones is 1. The van der Waals surface area contributed by atoms with Gasteiger partial charge >= 0.3 is 0 Å². The van der Waals surface area contributed by atoms with Gasteiger partial charge in [0.15, 0.2) is 5.78 Å². The van der Waals surface area contributed by atoms with E-state index < -0.39 is 16.9 Å². The predicted octanol–water partition coefficient (Wildman–Crippen LogP) is 4.37. The number of carbonyl (C=O) groups excluding carboxylic acids is 3. The number of nitrogens with two attached hydrogens (primary N) is 1. The van der Waals surface area contributed by atoms with E-state index in [1.165, 1.54) is 6.07 Å². The quantitative estimate of drug-likeness (QED) is 0.464. The van der Waals surface area contributed by atoms with E-state index in [1.807, 2.05) is 19.9 Å². The van der Waals surface area contributed by atoms with Crippen molar-refractivity contribution in [1.29, 1.82) is 0 Å². The van der Waals surface area contributed by atoms with E-state index in [0.717, 1.165) is 18.4 Å². The lowest BCUT2D eigenvalue weighted by Gasteiger charge is -2.42. The van der Waals surface area contributed by atoms with Crippen LogP contribution in [0.15, 0.2) is 60.2 Å². The molecule has 0 spiro atoms. The first-order valence-corrected chi connectivity index (χ1v) is 13.0. The monoisotopic (exact) mass is 504 g/mol. The van der Waals surface area contributed by atoms with Crippen molar-refractivity contribution < 1.29 is 24.6 Å². The van der Waals surface area contributed by atoms with Gasteiger partial charge in [0.2, 0.25) is 5.91 Å². The Balaban J connectivity index is 1.51. The molecule has 0 aliphatic heterocycles. The lowest BCUT2D eigenvalue weighted by Crippen LogP contribution is -2.45. The van der Waals surface area contributed by atoms with Crippen molar-refractivity contribution in [2.45, 2.75) is 70.4 Å². The number of rotatable bonds is 6. The van der Waals surface area contributed by atoms with Crippen molar-refractivity contribution in [3.05, 3.63) is 76.9 Å². The molecule has 7 heteroatoms. The molecule has 1 unspecified atom stereocenters. The van der Waals surface area contributed by atoms with Gasteiger partial charge < -0.3 is 21.3 Å². The maximum absolute atomic E-state index is 13.8. The van der Waals surface area contributed by atoms with Gasteiger partial charge in [0.25, 0.3) is 5.91 Å². The Morgan fingerprint density at radius 2 is 1.68 bits per heavy atom. The van der Waals surface area contributed by atoms with Crippen LogP contribution < -0.4 is 11.1 Å². The first-order chi connectivity index (χ1) is 17.5. The first kappa shape index (κ1) is 26.6. The molecule has 2 aliphatic carbocycles. The number of amides is 2. The van der Waals surface area contributed by atoms with Gasteiger partial charge in [-0.1, -0.05) is 51.0 Å². The summed E-state index contributed by atoms with van der Waals surface area (Å²) in [7, 11) is 0. The van der Waals surface area contributed by atoms with Crippen LogP contribution in [0, 0.1) is 11.3 Å². The zero-order valence-corrected chi connectivity index (χ0v) is 21.5. The van der Waals surface area contributed by atoms with Crippen LogP contribution in [0.3, 0.4) is 0 Å². The van der Waals surface area contributed by atoms with Crippen LogP contribution >= 0.6 is 0 Å². The number of Topliss-reactive ketones (excluding diaryl/α,β-unsaturated/α-hetero) is 1. The minimum absolute atomic E-state index is 0.0293. The highest BCUT2D eigenvalue weighted by molar-refractivity contribution is 6.00. The Bertz CT molecular complexity index is 1220. The summed E-state index contributed by atoms with van der Waals surface area (Å²) in [6.45, 7) is 3.99. The average molecular weight is 505 g/mol. The molecule has 0 heterocycles. The molecule has 0 aromatic heterocycles. The molecule has 0 radical (unpaired) electrons. The van der Waals surface area contributed by atoms with Crippen molar-refractivity contribution in [2.75, 3.05) is 0 Å². The molecule has 0 bridgehead atoms. The van der Waals surface area contributed by atoms with Gasteiger partial charge in [0.1, 0.15) is 5.75 Å². The van der Waals surface area contributed by atoms with Crippen LogP contribution in [0.2, 0.25) is 0 Å². The van der Waals surface area contributed by atoms with Gasteiger partial charge in [-0.2, -0.15) is 0 Å². The fourth-order valence-corrected chi connectivity index (χ4v) is 5.72. The molecular formula is C30H36N2O5. The molecule has 2 aromatic carbocycles. The summed E-state index contributed by atoms with van der Waals surface area (Å²) in [4.78, 5) is 38.3. The van der Waals surface area contributed by atoms with Gasteiger partial charge in [0, 0.05) is 28.5 Å². The number of carbonyl (C=O) groups is 3. The van der Waals surface area contributed by atoms with E-state index >= 15 is 0 Å². The third kappa shape index (κ3) is 5.47.